The molecule has 0 atom stereocenters. The van der Waals surface area contributed by atoms with E-state index in [4.69, 9.17) is 0 Å². The van der Waals surface area contributed by atoms with Crippen LogP contribution in [0.3, 0.4) is 0 Å². The van der Waals surface area contributed by atoms with Gasteiger partial charge in [0, 0.05) is 18.8 Å². The Morgan fingerprint density at radius 1 is 1.29 bits per heavy atom. The van der Waals surface area contributed by atoms with E-state index < -0.39 is 0 Å². The molecule has 1 fully saturated rings. The summed E-state index contributed by atoms with van der Waals surface area (Å²) in [6.07, 6.45) is 4.80. The van der Waals surface area contributed by atoms with E-state index in [1.807, 2.05) is 4.90 Å². The van der Waals surface area contributed by atoms with Gasteiger partial charge in [0.15, 0.2) is 0 Å². The van der Waals surface area contributed by atoms with Gasteiger partial charge in [0.25, 0.3) is 5.24 Å². The van der Waals surface area contributed by atoms with Crippen molar-refractivity contribution < 1.29 is 4.79 Å². The molecular weight excluding hydrogens is 194 g/mol. The molecule has 0 bridgehead atoms. The number of carbonyl (C=O) groups excluding carboxylic acids is 1. The maximum Gasteiger partial charge on any atom is 0.281 e. The van der Waals surface area contributed by atoms with E-state index in [1.165, 1.54) is 24.6 Å². The summed E-state index contributed by atoms with van der Waals surface area (Å²) < 4.78 is 0. The average Bonchev–Trinajstić information content (AvgIpc) is 2.97. The van der Waals surface area contributed by atoms with Crippen molar-refractivity contribution in [3.05, 3.63) is 0 Å². The Morgan fingerprint density at radius 2 is 1.86 bits per heavy atom. The van der Waals surface area contributed by atoms with Crippen LogP contribution in [0.15, 0.2) is 0 Å². The highest BCUT2D eigenvalue weighted by Gasteiger charge is 2.23. The van der Waals surface area contributed by atoms with Crippen LogP contribution in [-0.2, 0) is 0 Å². The Morgan fingerprint density at radius 3 is 2.29 bits per heavy atom. The molecule has 0 radical (unpaired) electrons. The molecule has 1 aliphatic rings. The molecule has 1 rings (SSSR count). The summed E-state index contributed by atoms with van der Waals surface area (Å²) in [5.41, 5.74) is 0. The molecule has 82 valence electrons. The molecule has 14 heavy (non-hydrogen) atoms. The number of amides is 1. The van der Waals surface area contributed by atoms with Gasteiger partial charge >= 0.3 is 0 Å². The molecule has 1 saturated carbocycles. The van der Waals surface area contributed by atoms with Crippen LogP contribution in [-0.4, -0.2) is 29.0 Å². The Kier molecular flexibility index (Phi) is 5.38. The van der Waals surface area contributed by atoms with E-state index in [2.05, 4.69) is 13.8 Å². The first-order chi connectivity index (χ1) is 6.77. The second-order valence-electron chi connectivity index (χ2n) is 4.01. The van der Waals surface area contributed by atoms with Gasteiger partial charge in [-0.05, 0) is 31.6 Å². The smallest absolute Gasteiger partial charge is 0.281 e. The van der Waals surface area contributed by atoms with Gasteiger partial charge in [-0.15, -0.1) is 0 Å². The largest absolute Gasteiger partial charge is 0.334 e. The van der Waals surface area contributed by atoms with Crippen LogP contribution in [0.4, 0.5) is 4.79 Å². The molecule has 3 heteroatoms. The van der Waals surface area contributed by atoms with Crippen molar-refractivity contribution in [2.75, 3.05) is 18.8 Å². The number of carbonyl (C=O) groups is 1. The molecule has 0 saturated heterocycles. The molecule has 0 aromatic rings. The van der Waals surface area contributed by atoms with Crippen molar-refractivity contribution in [1.82, 2.24) is 4.90 Å². The molecule has 1 amide bonds. The van der Waals surface area contributed by atoms with Crippen LogP contribution in [0.25, 0.3) is 0 Å². The lowest BCUT2D eigenvalue weighted by atomic mass is 10.4. The van der Waals surface area contributed by atoms with Crippen LogP contribution < -0.4 is 0 Å². The molecule has 0 aliphatic heterocycles. The summed E-state index contributed by atoms with van der Waals surface area (Å²) in [6, 6.07) is 0. The first kappa shape index (κ1) is 11.9. The van der Waals surface area contributed by atoms with Crippen molar-refractivity contribution in [3.8, 4) is 0 Å². The van der Waals surface area contributed by atoms with Gasteiger partial charge in [-0.25, -0.2) is 0 Å². The number of rotatable bonds is 6. The molecule has 0 aromatic carbocycles. The summed E-state index contributed by atoms with van der Waals surface area (Å²) in [5, 5.41) is 0.292. The Labute approximate surface area is 91.4 Å². The molecule has 0 spiro atoms. The van der Waals surface area contributed by atoms with E-state index in [1.54, 1.807) is 0 Å². The van der Waals surface area contributed by atoms with Crippen molar-refractivity contribution in [2.24, 2.45) is 5.92 Å². The number of thioether (sulfide) groups is 1. The normalized spacial score (nSPS) is 15.6. The summed E-state index contributed by atoms with van der Waals surface area (Å²) in [5.74, 6) is 1.89. The van der Waals surface area contributed by atoms with Gasteiger partial charge in [0.2, 0.25) is 0 Å². The minimum Gasteiger partial charge on any atom is -0.334 e. The van der Waals surface area contributed by atoms with Gasteiger partial charge < -0.3 is 4.90 Å². The Bertz CT molecular complexity index is 174. The van der Waals surface area contributed by atoms with Gasteiger partial charge in [0.1, 0.15) is 0 Å². The van der Waals surface area contributed by atoms with E-state index >= 15 is 0 Å². The van der Waals surface area contributed by atoms with Gasteiger partial charge in [-0.1, -0.05) is 25.6 Å². The standard InChI is InChI=1S/C11H21NOS/c1-3-7-12(8-4-2)11(13)14-9-10-5-6-10/h10H,3-9H2,1-2H3. The molecule has 0 N–H and O–H groups in total. The van der Waals surface area contributed by atoms with Crippen molar-refractivity contribution in [1.29, 1.82) is 0 Å². The molecule has 2 nitrogen and oxygen atoms in total. The highest BCUT2D eigenvalue weighted by atomic mass is 32.2. The fraction of sp³-hybridized carbons (Fsp3) is 0.909. The van der Waals surface area contributed by atoms with E-state index in [0.29, 0.717) is 5.24 Å². The lowest BCUT2D eigenvalue weighted by Crippen LogP contribution is -2.29. The van der Waals surface area contributed by atoms with E-state index in [0.717, 1.165) is 37.6 Å². The molecule has 1 aliphatic carbocycles. The zero-order chi connectivity index (χ0) is 10.4. The number of hydrogen-bond donors (Lipinski definition) is 0. The highest BCUT2D eigenvalue weighted by molar-refractivity contribution is 8.13. The quantitative estimate of drug-likeness (QED) is 0.677. The van der Waals surface area contributed by atoms with Crippen LogP contribution in [0.2, 0.25) is 0 Å². The Balaban J connectivity index is 2.20. The summed E-state index contributed by atoms with van der Waals surface area (Å²) in [7, 11) is 0. The first-order valence-electron chi connectivity index (χ1n) is 5.69. The second kappa shape index (κ2) is 6.33. The zero-order valence-electron chi connectivity index (χ0n) is 9.29. The van der Waals surface area contributed by atoms with Crippen molar-refractivity contribution >= 4 is 17.0 Å². The second-order valence-corrected chi connectivity index (χ2v) is 4.98. The van der Waals surface area contributed by atoms with Gasteiger partial charge in [-0.2, -0.15) is 0 Å². The minimum absolute atomic E-state index is 0.292. The molecular formula is C11H21NOS. The van der Waals surface area contributed by atoms with Crippen LogP contribution in [0.5, 0.6) is 0 Å². The van der Waals surface area contributed by atoms with Crippen LogP contribution in [0, 0.1) is 5.92 Å². The molecule has 0 unspecified atom stereocenters. The van der Waals surface area contributed by atoms with Crippen molar-refractivity contribution in [3.63, 3.8) is 0 Å². The predicted molar refractivity (Wildman–Crippen MR) is 62.7 cm³/mol. The third-order valence-corrected chi connectivity index (χ3v) is 3.53. The summed E-state index contributed by atoms with van der Waals surface area (Å²) in [4.78, 5) is 13.7. The fourth-order valence-corrected chi connectivity index (χ4v) is 2.48. The molecule has 0 heterocycles. The van der Waals surface area contributed by atoms with E-state index in [9.17, 15) is 4.79 Å². The highest BCUT2D eigenvalue weighted by Crippen LogP contribution is 2.33. The van der Waals surface area contributed by atoms with E-state index in [-0.39, 0.29) is 0 Å². The third-order valence-electron chi connectivity index (χ3n) is 2.38. The first-order valence-corrected chi connectivity index (χ1v) is 6.68. The van der Waals surface area contributed by atoms with Crippen LogP contribution >= 0.6 is 11.8 Å². The topological polar surface area (TPSA) is 20.3 Å². The maximum absolute atomic E-state index is 11.7. The average molecular weight is 215 g/mol. The predicted octanol–water partition coefficient (Wildman–Crippen LogP) is 3.37. The maximum atomic E-state index is 11.7. The number of hydrogen-bond acceptors (Lipinski definition) is 2. The molecule has 0 aromatic heterocycles. The SMILES string of the molecule is CCCN(CCC)C(=O)SCC1CC1. The Hall–Kier alpha value is -0.180. The van der Waals surface area contributed by atoms with Crippen LogP contribution in [0.1, 0.15) is 39.5 Å². The summed E-state index contributed by atoms with van der Waals surface area (Å²) >= 11 is 1.52. The summed E-state index contributed by atoms with van der Waals surface area (Å²) in [6.45, 7) is 6.09. The number of nitrogens with zero attached hydrogens (tertiary/aromatic N) is 1. The zero-order valence-corrected chi connectivity index (χ0v) is 10.1. The van der Waals surface area contributed by atoms with Gasteiger partial charge in [0.05, 0.1) is 0 Å². The lowest BCUT2D eigenvalue weighted by Gasteiger charge is -2.20. The minimum atomic E-state index is 0.292. The third kappa shape index (κ3) is 4.36. The monoisotopic (exact) mass is 215 g/mol. The fourth-order valence-electron chi connectivity index (χ4n) is 1.40. The van der Waals surface area contributed by atoms with Gasteiger partial charge in [-0.3, -0.25) is 4.79 Å². The lowest BCUT2D eigenvalue weighted by molar-refractivity contribution is 0.223. The van der Waals surface area contributed by atoms with Crippen molar-refractivity contribution in [2.45, 2.75) is 39.5 Å².